The summed E-state index contributed by atoms with van der Waals surface area (Å²) in [6.45, 7) is 0. The number of para-hydroxylation sites is 1. The van der Waals surface area contributed by atoms with Gasteiger partial charge in [0.15, 0.2) is 0 Å². The number of benzene rings is 1. The molecule has 21 heavy (non-hydrogen) atoms. The van der Waals surface area contributed by atoms with Crippen LogP contribution in [0, 0.1) is 11.8 Å². The molecule has 2 fully saturated rings. The summed E-state index contributed by atoms with van der Waals surface area (Å²) >= 11 is 1.61. The fraction of sp³-hybridized carbons (Fsp3) is 0.429. The Labute approximate surface area is 126 Å². The molecule has 6 nitrogen and oxygen atoms in total. The number of oxime groups is 1. The van der Waals surface area contributed by atoms with E-state index >= 15 is 0 Å². The van der Waals surface area contributed by atoms with Crippen LogP contribution in [-0.4, -0.2) is 36.4 Å². The summed E-state index contributed by atoms with van der Waals surface area (Å²) in [5.41, 5.74) is 1.86. The predicted molar refractivity (Wildman–Crippen MR) is 78.9 cm³/mol. The maximum absolute atomic E-state index is 9.29. The highest BCUT2D eigenvalue weighted by atomic mass is 32.2. The molecule has 2 aliphatic carbocycles. The van der Waals surface area contributed by atoms with E-state index in [9.17, 15) is 5.21 Å². The number of fused-ring (bicyclic) bond motifs is 2. The molecule has 2 aliphatic rings. The van der Waals surface area contributed by atoms with E-state index in [0.29, 0.717) is 11.8 Å². The molecule has 3 atom stereocenters. The zero-order chi connectivity index (χ0) is 14.2. The summed E-state index contributed by atoms with van der Waals surface area (Å²) in [7, 11) is 0. The minimum Gasteiger partial charge on any atom is -0.411 e. The number of aromatic nitrogens is 4. The van der Waals surface area contributed by atoms with Gasteiger partial charge in [-0.15, -0.1) is 5.10 Å². The first-order chi connectivity index (χ1) is 10.4. The zero-order valence-electron chi connectivity index (χ0n) is 11.3. The Morgan fingerprint density at radius 1 is 1.24 bits per heavy atom. The lowest BCUT2D eigenvalue weighted by Gasteiger charge is -2.21. The average Bonchev–Trinajstić information content (AvgIpc) is 3.23. The van der Waals surface area contributed by atoms with Crippen LogP contribution in [0.4, 0.5) is 0 Å². The third-order valence-electron chi connectivity index (χ3n) is 4.40. The highest BCUT2D eigenvalue weighted by Gasteiger charge is 2.46. The lowest BCUT2D eigenvalue weighted by Crippen LogP contribution is -2.25. The lowest BCUT2D eigenvalue weighted by atomic mass is 9.98. The smallest absolute Gasteiger partial charge is 0.214 e. The van der Waals surface area contributed by atoms with Gasteiger partial charge < -0.3 is 5.21 Å². The van der Waals surface area contributed by atoms with Gasteiger partial charge in [0.2, 0.25) is 5.16 Å². The number of hydrogen-bond acceptors (Lipinski definition) is 6. The maximum atomic E-state index is 9.29. The minimum absolute atomic E-state index is 0.196. The van der Waals surface area contributed by atoms with Gasteiger partial charge in [-0.25, -0.2) is 0 Å². The summed E-state index contributed by atoms with van der Waals surface area (Å²) in [6.07, 6.45) is 3.48. The molecule has 2 bridgehead atoms. The van der Waals surface area contributed by atoms with Crippen molar-refractivity contribution >= 4 is 17.5 Å². The quantitative estimate of drug-likeness (QED) is 0.696. The molecule has 0 unspecified atom stereocenters. The lowest BCUT2D eigenvalue weighted by molar-refractivity contribution is 0.314. The van der Waals surface area contributed by atoms with Crippen molar-refractivity contribution in [3.05, 3.63) is 30.3 Å². The van der Waals surface area contributed by atoms with Crippen LogP contribution in [0.3, 0.4) is 0 Å². The molecule has 1 heterocycles. The van der Waals surface area contributed by atoms with Crippen LogP contribution in [0.2, 0.25) is 0 Å². The molecular formula is C14H15N5OS. The van der Waals surface area contributed by atoms with E-state index in [1.54, 1.807) is 16.4 Å². The Morgan fingerprint density at radius 2 is 2.10 bits per heavy atom. The van der Waals surface area contributed by atoms with Gasteiger partial charge in [0.1, 0.15) is 0 Å². The number of nitrogens with zero attached hydrogens (tertiary/aromatic N) is 5. The zero-order valence-corrected chi connectivity index (χ0v) is 12.1. The second kappa shape index (κ2) is 5.14. The van der Waals surface area contributed by atoms with E-state index in [0.717, 1.165) is 29.4 Å². The molecule has 2 saturated carbocycles. The van der Waals surface area contributed by atoms with Crippen LogP contribution in [0.1, 0.15) is 19.3 Å². The number of tetrazole rings is 1. The molecule has 7 heteroatoms. The predicted octanol–water partition coefficient (Wildman–Crippen LogP) is 2.38. The Kier molecular flexibility index (Phi) is 3.14. The Balaban J connectivity index is 1.63. The molecule has 0 saturated heterocycles. The van der Waals surface area contributed by atoms with E-state index in [-0.39, 0.29) is 5.25 Å². The Morgan fingerprint density at radius 3 is 2.90 bits per heavy atom. The molecule has 4 rings (SSSR count). The van der Waals surface area contributed by atoms with Crippen molar-refractivity contribution in [1.29, 1.82) is 0 Å². The largest absolute Gasteiger partial charge is 0.411 e. The first-order valence-electron chi connectivity index (χ1n) is 7.09. The Hall–Kier alpha value is -1.89. The van der Waals surface area contributed by atoms with Gasteiger partial charge in [-0.3, -0.25) is 0 Å². The summed E-state index contributed by atoms with van der Waals surface area (Å²) in [5.74, 6) is 1.02. The van der Waals surface area contributed by atoms with Crippen LogP contribution < -0.4 is 0 Å². The summed E-state index contributed by atoms with van der Waals surface area (Å²) in [5, 5.41) is 25.8. The highest BCUT2D eigenvalue weighted by molar-refractivity contribution is 8.00. The molecule has 1 aromatic carbocycles. The summed E-state index contributed by atoms with van der Waals surface area (Å²) in [4.78, 5) is 0. The van der Waals surface area contributed by atoms with Gasteiger partial charge in [-0.1, -0.05) is 35.1 Å². The molecular weight excluding hydrogens is 286 g/mol. The molecule has 108 valence electrons. The first-order valence-corrected chi connectivity index (χ1v) is 7.97. The Bertz CT molecular complexity index is 671. The second-order valence-corrected chi connectivity index (χ2v) is 6.65. The molecule has 0 spiro atoms. The van der Waals surface area contributed by atoms with Crippen molar-refractivity contribution in [2.75, 3.05) is 0 Å². The second-order valence-electron chi connectivity index (χ2n) is 5.54. The fourth-order valence-corrected chi connectivity index (χ4v) is 4.78. The van der Waals surface area contributed by atoms with Crippen molar-refractivity contribution in [2.45, 2.75) is 29.7 Å². The van der Waals surface area contributed by atoms with E-state index < -0.39 is 0 Å². The number of rotatable bonds is 3. The van der Waals surface area contributed by atoms with Gasteiger partial charge in [-0.2, -0.15) is 4.68 Å². The average molecular weight is 301 g/mol. The SMILES string of the molecule is O/N=C1\[C@H]2CC[C@@H](C2)[C@@H]1Sc1nnnn1-c1ccccc1. The molecule has 0 amide bonds. The van der Waals surface area contributed by atoms with Gasteiger partial charge in [0.05, 0.1) is 16.6 Å². The third-order valence-corrected chi connectivity index (χ3v) is 5.75. The van der Waals surface area contributed by atoms with Crippen molar-refractivity contribution in [2.24, 2.45) is 17.0 Å². The highest BCUT2D eigenvalue weighted by Crippen LogP contribution is 2.49. The van der Waals surface area contributed by atoms with Crippen molar-refractivity contribution in [1.82, 2.24) is 20.2 Å². The third kappa shape index (κ3) is 2.12. The summed E-state index contributed by atoms with van der Waals surface area (Å²) in [6, 6.07) is 9.84. The van der Waals surface area contributed by atoms with E-state index in [1.165, 1.54) is 6.42 Å². The normalized spacial score (nSPS) is 29.3. The van der Waals surface area contributed by atoms with E-state index in [4.69, 9.17) is 0 Å². The van der Waals surface area contributed by atoms with Gasteiger partial charge >= 0.3 is 0 Å². The molecule has 0 aliphatic heterocycles. The van der Waals surface area contributed by atoms with Crippen LogP contribution in [0.15, 0.2) is 40.6 Å². The van der Waals surface area contributed by atoms with Crippen molar-refractivity contribution in [3.63, 3.8) is 0 Å². The van der Waals surface area contributed by atoms with Crippen LogP contribution in [0.5, 0.6) is 0 Å². The van der Waals surface area contributed by atoms with E-state index in [2.05, 4.69) is 20.7 Å². The molecule has 1 aromatic heterocycles. The standard InChI is InChI=1S/C14H15N5OS/c20-16-12-9-6-7-10(8-9)13(12)21-14-15-17-18-19(14)11-4-2-1-3-5-11/h1-5,9-10,13,20H,6-8H2/b16-12+/t9-,10-,13-/m0/s1. The monoisotopic (exact) mass is 301 g/mol. The first kappa shape index (κ1) is 12.8. The molecule has 0 radical (unpaired) electrons. The van der Waals surface area contributed by atoms with E-state index in [1.807, 2.05) is 30.3 Å². The molecule has 1 N–H and O–H groups in total. The number of thioether (sulfide) groups is 1. The topological polar surface area (TPSA) is 76.2 Å². The minimum atomic E-state index is 0.196. The van der Waals surface area contributed by atoms with Gasteiger partial charge in [-0.05, 0) is 47.7 Å². The van der Waals surface area contributed by atoms with Crippen LogP contribution >= 0.6 is 11.8 Å². The van der Waals surface area contributed by atoms with Gasteiger partial charge in [0.25, 0.3) is 0 Å². The van der Waals surface area contributed by atoms with Crippen molar-refractivity contribution < 1.29 is 5.21 Å². The number of hydrogen-bond donors (Lipinski definition) is 1. The fourth-order valence-electron chi connectivity index (χ4n) is 3.43. The van der Waals surface area contributed by atoms with Gasteiger partial charge in [0, 0.05) is 5.92 Å². The van der Waals surface area contributed by atoms with Crippen LogP contribution in [-0.2, 0) is 0 Å². The maximum Gasteiger partial charge on any atom is 0.214 e. The summed E-state index contributed by atoms with van der Waals surface area (Å²) < 4.78 is 1.74. The van der Waals surface area contributed by atoms with Crippen LogP contribution in [0.25, 0.3) is 5.69 Å². The van der Waals surface area contributed by atoms with Crippen molar-refractivity contribution in [3.8, 4) is 5.69 Å². The molecule has 2 aromatic rings.